The Bertz CT molecular complexity index is 438. The summed E-state index contributed by atoms with van der Waals surface area (Å²) in [5.74, 6) is 2.43. The minimum atomic E-state index is 0.557. The zero-order valence-corrected chi connectivity index (χ0v) is 13.9. The van der Waals surface area contributed by atoms with Crippen molar-refractivity contribution < 1.29 is 4.74 Å². The van der Waals surface area contributed by atoms with E-state index < -0.39 is 0 Å². The quantitative estimate of drug-likeness (QED) is 0.818. The molecule has 1 N–H and O–H groups in total. The van der Waals surface area contributed by atoms with Gasteiger partial charge in [-0.1, -0.05) is 19.8 Å². The molecule has 4 nitrogen and oxygen atoms in total. The number of hydrogen-bond donors (Lipinski definition) is 1. The number of nitrogens with one attached hydrogen (secondary N) is 1. The predicted molar refractivity (Wildman–Crippen MR) is 85.5 cm³/mol. The van der Waals surface area contributed by atoms with E-state index >= 15 is 0 Å². The Kier molecular flexibility index (Phi) is 6.12. The van der Waals surface area contributed by atoms with Gasteiger partial charge in [0.1, 0.15) is 5.82 Å². The Hall–Kier alpha value is -1.00. The van der Waals surface area contributed by atoms with Crippen LogP contribution in [0, 0.1) is 19.8 Å². The molecule has 1 aliphatic rings. The first-order chi connectivity index (χ1) is 10.1. The lowest BCUT2D eigenvalue weighted by atomic mass is 9.82. The van der Waals surface area contributed by atoms with Gasteiger partial charge in [0.05, 0.1) is 6.61 Å². The van der Waals surface area contributed by atoms with Crippen LogP contribution in [0.15, 0.2) is 0 Å². The van der Waals surface area contributed by atoms with Gasteiger partial charge in [-0.2, -0.15) is 0 Å². The number of methoxy groups -OCH3 is 1. The number of ether oxygens (including phenoxy) is 1. The van der Waals surface area contributed by atoms with Crippen LogP contribution in [0.4, 0.5) is 0 Å². The predicted octanol–water partition coefficient (Wildman–Crippen LogP) is 3.12. The highest BCUT2D eigenvalue weighted by atomic mass is 16.5. The van der Waals surface area contributed by atoms with Crippen LogP contribution >= 0.6 is 0 Å². The van der Waals surface area contributed by atoms with Gasteiger partial charge in [0.25, 0.3) is 0 Å². The van der Waals surface area contributed by atoms with Crippen LogP contribution in [-0.4, -0.2) is 30.2 Å². The Morgan fingerprint density at radius 3 is 2.52 bits per heavy atom. The van der Waals surface area contributed by atoms with E-state index in [0.29, 0.717) is 5.92 Å². The number of aromatic nitrogens is 2. The molecule has 21 heavy (non-hydrogen) atoms. The number of aryl methyl sites for hydroxylation is 2. The van der Waals surface area contributed by atoms with Crippen LogP contribution in [0.1, 0.15) is 61.3 Å². The monoisotopic (exact) mass is 291 g/mol. The van der Waals surface area contributed by atoms with Crippen molar-refractivity contribution >= 4 is 0 Å². The summed E-state index contributed by atoms with van der Waals surface area (Å²) in [5.41, 5.74) is 3.49. The van der Waals surface area contributed by atoms with Crippen molar-refractivity contribution in [2.75, 3.05) is 20.3 Å². The highest BCUT2D eigenvalue weighted by Gasteiger charge is 2.23. The third kappa shape index (κ3) is 4.48. The highest BCUT2D eigenvalue weighted by Crippen LogP contribution is 2.34. The fourth-order valence-corrected chi connectivity index (χ4v) is 3.26. The molecule has 4 heteroatoms. The first-order valence-electron chi connectivity index (χ1n) is 8.15. The second-order valence-electron chi connectivity index (χ2n) is 6.37. The van der Waals surface area contributed by atoms with Crippen molar-refractivity contribution in [3.05, 3.63) is 22.8 Å². The molecule has 2 rings (SSSR count). The highest BCUT2D eigenvalue weighted by molar-refractivity contribution is 5.25. The lowest BCUT2D eigenvalue weighted by molar-refractivity contribution is 0.199. The zero-order chi connectivity index (χ0) is 15.2. The molecule has 0 bridgehead atoms. The third-order valence-electron chi connectivity index (χ3n) is 4.52. The first kappa shape index (κ1) is 16.4. The molecule has 2 unspecified atom stereocenters. The molecular weight excluding hydrogens is 262 g/mol. The summed E-state index contributed by atoms with van der Waals surface area (Å²) in [5, 5.41) is 3.39. The number of hydrogen-bond acceptors (Lipinski definition) is 4. The maximum atomic E-state index is 5.05. The number of rotatable bonds is 6. The smallest absolute Gasteiger partial charge is 0.131 e. The summed E-state index contributed by atoms with van der Waals surface area (Å²) >= 11 is 0. The van der Waals surface area contributed by atoms with E-state index in [0.717, 1.165) is 42.8 Å². The largest absolute Gasteiger partial charge is 0.383 e. The van der Waals surface area contributed by atoms with Crippen molar-refractivity contribution in [3.8, 4) is 0 Å². The van der Waals surface area contributed by atoms with E-state index in [1.807, 2.05) is 0 Å². The van der Waals surface area contributed by atoms with E-state index in [9.17, 15) is 0 Å². The average Bonchev–Trinajstić information content (AvgIpc) is 2.45. The molecule has 0 spiro atoms. The van der Waals surface area contributed by atoms with Crippen LogP contribution in [-0.2, 0) is 11.3 Å². The van der Waals surface area contributed by atoms with Crippen molar-refractivity contribution in [2.24, 2.45) is 5.92 Å². The summed E-state index contributed by atoms with van der Waals surface area (Å²) in [4.78, 5) is 9.62. The molecular formula is C17H29N3O. The van der Waals surface area contributed by atoms with Gasteiger partial charge >= 0.3 is 0 Å². The normalized spacial score (nSPS) is 22.5. The van der Waals surface area contributed by atoms with E-state index in [1.54, 1.807) is 7.11 Å². The second-order valence-corrected chi connectivity index (χ2v) is 6.37. The Morgan fingerprint density at radius 2 is 1.90 bits per heavy atom. The molecule has 1 aromatic rings. The molecule has 0 amide bonds. The fraction of sp³-hybridized carbons (Fsp3) is 0.765. The van der Waals surface area contributed by atoms with Gasteiger partial charge < -0.3 is 10.1 Å². The Balaban J connectivity index is 2.05. The van der Waals surface area contributed by atoms with Gasteiger partial charge in [0.15, 0.2) is 0 Å². The van der Waals surface area contributed by atoms with E-state index in [2.05, 4.69) is 26.1 Å². The molecule has 1 aromatic heterocycles. The molecule has 1 aliphatic carbocycles. The molecule has 118 valence electrons. The summed E-state index contributed by atoms with van der Waals surface area (Å²) in [6.45, 7) is 8.98. The van der Waals surface area contributed by atoms with Crippen molar-refractivity contribution in [2.45, 2.75) is 58.9 Å². The molecule has 0 saturated heterocycles. The Morgan fingerprint density at radius 1 is 1.19 bits per heavy atom. The number of nitrogens with zero attached hydrogens (tertiary/aromatic N) is 2. The van der Waals surface area contributed by atoms with E-state index in [4.69, 9.17) is 14.7 Å². The van der Waals surface area contributed by atoms with E-state index in [-0.39, 0.29) is 0 Å². The molecule has 0 radical (unpaired) electrons. The third-order valence-corrected chi connectivity index (χ3v) is 4.52. The summed E-state index contributed by atoms with van der Waals surface area (Å²) in [6.07, 6.45) is 5.16. The SMILES string of the molecule is COCCNCc1c(C)nc(C2CCCC(C)C2)nc1C. The molecule has 2 atom stereocenters. The van der Waals surface area contributed by atoms with Crippen LogP contribution in [0.5, 0.6) is 0 Å². The maximum Gasteiger partial charge on any atom is 0.131 e. The standard InChI is InChI=1S/C17H29N3O/c1-12-6-5-7-15(10-12)17-19-13(2)16(14(3)20-17)11-18-8-9-21-4/h12,15,18H,5-11H2,1-4H3. The minimum Gasteiger partial charge on any atom is -0.383 e. The van der Waals surface area contributed by atoms with Crippen molar-refractivity contribution in [3.63, 3.8) is 0 Å². The fourth-order valence-electron chi connectivity index (χ4n) is 3.26. The van der Waals surface area contributed by atoms with Gasteiger partial charge in [-0.15, -0.1) is 0 Å². The summed E-state index contributed by atoms with van der Waals surface area (Å²) in [6, 6.07) is 0. The van der Waals surface area contributed by atoms with Gasteiger partial charge in [0.2, 0.25) is 0 Å². The van der Waals surface area contributed by atoms with Gasteiger partial charge in [-0.05, 0) is 32.6 Å². The summed E-state index contributed by atoms with van der Waals surface area (Å²) < 4.78 is 5.05. The average molecular weight is 291 g/mol. The minimum absolute atomic E-state index is 0.557. The molecule has 1 heterocycles. The van der Waals surface area contributed by atoms with Gasteiger partial charge in [0, 0.05) is 43.1 Å². The Labute approximate surface area is 128 Å². The molecule has 1 saturated carbocycles. The lowest BCUT2D eigenvalue weighted by Gasteiger charge is -2.26. The van der Waals surface area contributed by atoms with Crippen molar-refractivity contribution in [1.82, 2.24) is 15.3 Å². The van der Waals surface area contributed by atoms with Crippen LogP contribution < -0.4 is 5.32 Å². The molecule has 1 fully saturated rings. The van der Waals surface area contributed by atoms with Gasteiger partial charge in [-0.3, -0.25) is 0 Å². The summed E-state index contributed by atoms with van der Waals surface area (Å²) in [7, 11) is 1.72. The second kappa shape index (κ2) is 7.85. The van der Waals surface area contributed by atoms with Crippen LogP contribution in [0.25, 0.3) is 0 Å². The zero-order valence-electron chi connectivity index (χ0n) is 13.9. The van der Waals surface area contributed by atoms with Gasteiger partial charge in [-0.25, -0.2) is 9.97 Å². The molecule has 0 aliphatic heterocycles. The van der Waals surface area contributed by atoms with Crippen LogP contribution in [0.2, 0.25) is 0 Å². The van der Waals surface area contributed by atoms with Crippen molar-refractivity contribution in [1.29, 1.82) is 0 Å². The lowest BCUT2D eigenvalue weighted by Crippen LogP contribution is -2.22. The maximum absolute atomic E-state index is 5.05. The molecule has 0 aromatic carbocycles. The first-order valence-corrected chi connectivity index (χ1v) is 8.15. The topological polar surface area (TPSA) is 47.0 Å². The van der Waals surface area contributed by atoms with Crippen LogP contribution in [0.3, 0.4) is 0 Å². The van der Waals surface area contributed by atoms with E-state index in [1.165, 1.54) is 31.2 Å².